The van der Waals surface area contributed by atoms with Crippen LogP contribution in [-0.4, -0.2) is 46.9 Å². The van der Waals surface area contributed by atoms with Crippen LogP contribution in [0.1, 0.15) is 27.7 Å². The van der Waals surface area contributed by atoms with Crippen LogP contribution in [0.15, 0.2) is 68.8 Å². The lowest BCUT2D eigenvalue weighted by atomic mass is 9.93. The molecule has 39 heavy (non-hydrogen) atoms. The molecule has 0 unspecified atom stereocenters. The molecule has 2 aliphatic rings. The number of fused-ring (bicyclic) bond motifs is 2. The molecule has 9 nitrogen and oxygen atoms in total. The van der Waals surface area contributed by atoms with Crippen molar-refractivity contribution in [1.29, 1.82) is 0 Å². The van der Waals surface area contributed by atoms with Gasteiger partial charge in [0.2, 0.25) is 15.4 Å². The minimum atomic E-state index is -3.72. The van der Waals surface area contributed by atoms with E-state index in [0.29, 0.717) is 21.8 Å². The molecule has 11 heteroatoms. The number of hydrogen-bond donors (Lipinski definition) is 2. The Hall–Kier alpha value is -2.93. The van der Waals surface area contributed by atoms with Crippen LogP contribution in [0.2, 0.25) is 0 Å². The normalized spacial score (nSPS) is 11.8. The summed E-state index contributed by atoms with van der Waals surface area (Å²) in [4.78, 5) is 2.74. The summed E-state index contributed by atoms with van der Waals surface area (Å²) < 4.78 is 41.0. The molecule has 208 valence electrons. The van der Waals surface area contributed by atoms with Crippen molar-refractivity contribution >= 4 is 38.7 Å². The number of benzene rings is 3. The average molecular weight is 573 g/mol. The summed E-state index contributed by atoms with van der Waals surface area (Å²) in [5, 5.41) is 14.6. The first-order chi connectivity index (χ1) is 18.8. The molecule has 0 bridgehead atoms. The van der Waals surface area contributed by atoms with Crippen molar-refractivity contribution in [3.63, 3.8) is 0 Å². The lowest BCUT2D eigenvalue weighted by Gasteiger charge is -2.22. The van der Waals surface area contributed by atoms with Gasteiger partial charge in [0, 0.05) is 52.3 Å². The van der Waals surface area contributed by atoms with Gasteiger partial charge < -0.3 is 9.32 Å². The van der Waals surface area contributed by atoms with E-state index in [1.54, 1.807) is 12.1 Å². The lowest BCUT2D eigenvalue weighted by Crippen LogP contribution is -2.29. The Kier molecular flexibility index (Phi) is 9.31. The van der Waals surface area contributed by atoms with Gasteiger partial charge in [-0.1, -0.05) is 11.1 Å². The highest BCUT2D eigenvalue weighted by Crippen LogP contribution is 2.44. The fourth-order valence-corrected chi connectivity index (χ4v) is 6.21. The van der Waals surface area contributed by atoms with Crippen LogP contribution >= 0.6 is 12.0 Å². The van der Waals surface area contributed by atoms with E-state index in [9.17, 15) is 8.42 Å². The zero-order valence-electron chi connectivity index (χ0n) is 22.7. The van der Waals surface area contributed by atoms with E-state index in [4.69, 9.17) is 14.0 Å². The molecule has 0 aromatic heterocycles. The molecule has 1 aliphatic heterocycles. The van der Waals surface area contributed by atoms with Crippen molar-refractivity contribution in [3.8, 4) is 22.5 Å². The van der Waals surface area contributed by atoms with Gasteiger partial charge in [0.15, 0.2) is 0 Å². The summed E-state index contributed by atoms with van der Waals surface area (Å²) in [6.45, 7) is 11.9. The third-order valence-corrected chi connectivity index (χ3v) is 8.96. The lowest BCUT2D eigenvalue weighted by molar-refractivity contribution is -0.432. The second-order valence-electron chi connectivity index (χ2n) is 8.77. The van der Waals surface area contributed by atoms with Crippen molar-refractivity contribution in [2.75, 3.05) is 38.1 Å². The van der Waals surface area contributed by atoms with Gasteiger partial charge in [-0.3, -0.25) is 0 Å². The Morgan fingerprint density at radius 3 is 2.33 bits per heavy atom. The van der Waals surface area contributed by atoms with E-state index in [2.05, 4.69) is 59.1 Å². The molecule has 0 saturated heterocycles. The molecule has 0 amide bonds. The highest BCUT2D eigenvalue weighted by Gasteiger charge is 2.23. The van der Waals surface area contributed by atoms with Crippen LogP contribution in [0.25, 0.3) is 33.4 Å². The Bertz CT molecular complexity index is 1610. The topological polar surface area (TPSA) is 104 Å². The minimum Gasteiger partial charge on any atom is -0.456 e. The van der Waals surface area contributed by atoms with E-state index in [0.717, 1.165) is 65.8 Å². The summed E-state index contributed by atoms with van der Waals surface area (Å²) >= 11 is 0.719. The highest BCUT2D eigenvalue weighted by atomic mass is 32.2. The number of sulfonamides is 1. The number of rotatable bonds is 11. The standard InChI is InChI=1S/C28H33N3O6S2/c1-6-30(7-2)19-10-13-22-25(16-19)35-26-17-20(31(8-3)9-4)11-14-23(26)28(22)24-15-12-21(39(33,34)29-5)18-27(24)38-37-36-32/h10-18,29H,6-9H2,1-5H3/p+1. The van der Waals surface area contributed by atoms with Crippen molar-refractivity contribution in [2.24, 2.45) is 0 Å². The molecule has 2 aromatic carbocycles. The molecule has 2 N–H and O–H groups in total. The SMILES string of the molecule is CCN(CC)c1ccc2c(-c3ccc(S(=O)(=O)NC)cc3SOOO)c3ccc(=[N+](CC)CC)cc-3oc2c1. The Balaban J connectivity index is 2.11. The van der Waals surface area contributed by atoms with Crippen LogP contribution in [0.5, 0.6) is 0 Å². The van der Waals surface area contributed by atoms with E-state index in [1.165, 1.54) is 13.1 Å². The minimum absolute atomic E-state index is 0.0552. The second kappa shape index (κ2) is 12.5. The van der Waals surface area contributed by atoms with Gasteiger partial charge in [0.25, 0.3) is 0 Å². The maximum Gasteiger partial charge on any atom is 0.240 e. The van der Waals surface area contributed by atoms with Gasteiger partial charge in [-0.2, -0.15) is 0 Å². The van der Waals surface area contributed by atoms with Crippen LogP contribution < -0.4 is 19.6 Å². The first-order valence-electron chi connectivity index (χ1n) is 12.9. The maximum atomic E-state index is 12.5. The maximum absolute atomic E-state index is 12.5. The molecule has 1 heterocycles. The van der Waals surface area contributed by atoms with E-state index in [1.807, 2.05) is 24.3 Å². The highest BCUT2D eigenvalue weighted by molar-refractivity contribution is 7.94. The summed E-state index contributed by atoms with van der Waals surface area (Å²) in [5.74, 6) is 0.695. The number of hydrogen-bond acceptors (Lipinski definition) is 8. The van der Waals surface area contributed by atoms with Gasteiger partial charge in [-0.25, -0.2) is 23.0 Å². The predicted molar refractivity (Wildman–Crippen MR) is 155 cm³/mol. The second-order valence-corrected chi connectivity index (χ2v) is 11.4. The smallest absolute Gasteiger partial charge is 0.240 e. The van der Waals surface area contributed by atoms with Crippen molar-refractivity contribution in [3.05, 3.63) is 60.0 Å². The average Bonchev–Trinajstić information content (AvgIpc) is 2.96. The number of nitrogens with zero attached hydrogens (tertiary/aromatic N) is 2. The fraction of sp³-hybridized carbons (Fsp3) is 0.321. The quantitative estimate of drug-likeness (QED) is 0.0831. The largest absolute Gasteiger partial charge is 0.456 e. The van der Waals surface area contributed by atoms with E-state index >= 15 is 0 Å². The Labute approximate surface area is 233 Å². The van der Waals surface area contributed by atoms with Crippen LogP contribution in [0.3, 0.4) is 0 Å². The Morgan fingerprint density at radius 1 is 0.974 bits per heavy atom. The first-order valence-corrected chi connectivity index (χ1v) is 15.1. The number of nitrogens with one attached hydrogen (secondary N) is 1. The van der Waals surface area contributed by atoms with Gasteiger partial charge >= 0.3 is 0 Å². The Morgan fingerprint density at radius 2 is 1.69 bits per heavy atom. The summed E-state index contributed by atoms with van der Waals surface area (Å²) in [6.07, 6.45) is 0. The molecular weight excluding hydrogens is 538 g/mol. The van der Waals surface area contributed by atoms with E-state index < -0.39 is 10.0 Å². The van der Waals surface area contributed by atoms with Crippen molar-refractivity contribution < 1.29 is 27.5 Å². The molecule has 0 radical (unpaired) electrons. The first kappa shape index (κ1) is 29.1. The monoisotopic (exact) mass is 572 g/mol. The molecule has 0 saturated carbocycles. The van der Waals surface area contributed by atoms with Crippen molar-refractivity contribution in [1.82, 2.24) is 9.30 Å². The van der Waals surface area contributed by atoms with Crippen LogP contribution in [0.4, 0.5) is 5.69 Å². The summed E-state index contributed by atoms with van der Waals surface area (Å²) in [5.41, 5.74) is 4.14. The molecule has 1 aliphatic carbocycles. The van der Waals surface area contributed by atoms with Crippen LogP contribution in [0, 0.1) is 0 Å². The third-order valence-electron chi connectivity index (χ3n) is 6.90. The molecule has 2 aromatic rings. The zero-order valence-corrected chi connectivity index (χ0v) is 24.4. The zero-order chi connectivity index (χ0) is 28.2. The van der Waals surface area contributed by atoms with Gasteiger partial charge in [0.05, 0.1) is 23.0 Å². The van der Waals surface area contributed by atoms with Gasteiger partial charge in [0.1, 0.15) is 24.4 Å². The van der Waals surface area contributed by atoms with Crippen LogP contribution in [-0.2, 0) is 19.4 Å². The number of anilines is 1. The van der Waals surface area contributed by atoms with Gasteiger partial charge in [-0.15, -0.1) is 4.33 Å². The molecular formula is C28H34N3O6S2+. The molecule has 4 rings (SSSR count). The third kappa shape index (κ3) is 5.84. The molecule has 0 spiro atoms. The fourth-order valence-electron chi connectivity index (χ4n) is 4.84. The summed E-state index contributed by atoms with van der Waals surface area (Å²) in [7, 11) is -2.37. The molecule has 0 atom stereocenters. The predicted octanol–water partition coefficient (Wildman–Crippen LogP) is 5.20. The van der Waals surface area contributed by atoms with Gasteiger partial charge in [-0.05, 0) is 70.6 Å². The molecule has 0 fully saturated rings. The van der Waals surface area contributed by atoms with Crippen molar-refractivity contribution in [2.45, 2.75) is 37.5 Å². The summed E-state index contributed by atoms with van der Waals surface area (Å²) in [6, 6.07) is 17.0. The van der Waals surface area contributed by atoms with E-state index in [-0.39, 0.29) is 4.90 Å².